The highest BCUT2D eigenvalue weighted by molar-refractivity contribution is 5.97. The Morgan fingerprint density at radius 3 is 1.79 bits per heavy atom. The molecule has 0 aliphatic rings. The smallest absolute Gasteiger partial charge is 0.267 e. The van der Waals surface area contributed by atoms with Crippen molar-refractivity contribution in [1.29, 1.82) is 0 Å². The number of hydrogen-bond donors (Lipinski definition) is 4. The number of benzene rings is 2. The first kappa shape index (κ1) is 34.4. The third-order valence-electron chi connectivity index (χ3n) is 5.08. The van der Waals surface area contributed by atoms with Crippen molar-refractivity contribution in [2.24, 2.45) is 0 Å². The Morgan fingerprint density at radius 2 is 1.33 bits per heavy atom. The van der Waals surface area contributed by atoms with Crippen molar-refractivity contribution in [1.82, 2.24) is 20.9 Å². The van der Waals surface area contributed by atoms with E-state index in [0.717, 1.165) is 10.1 Å². The first-order valence-electron chi connectivity index (χ1n) is 13.2. The minimum Gasteiger partial charge on any atom is -0.338 e. The molecule has 230 valence electrons. The largest absolute Gasteiger partial charge is 0.338 e. The van der Waals surface area contributed by atoms with Crippen molar-refractivity contribution in [3.05, 3.63) is 65.2 Å². The molecule has 0 saturated carbocycles. The molecule has 0 radical (unpaired) electrons. The van der Waals surface area contributed by atoms with Gasteiger partial charge in [-0.15, -0.1) is 0 Å². The summed E-state index contributed by atoms with van der Waals surface area (Å²) in [4.78, 5) is 70.5. The predicted octanol–water partition coefficient (Wildman–Crippen LogP) is 2.01. The predicted molar refractivity (Wildman–Crippen MR) is 156 cm³/mol. The molecule has 43 heavy (non-hydrogen) atoms. The summed E-state index contributed by atoms with van der Waals surface area (Å²) in [6.07, 6.45) is 0.820. The van der Waals surface area contributed by atoms with E-state index in [4.69, 9.17) is 14.9 Å². The molecule has 5 amide bonds. The molecule has 0 aliphatic heterocycles. The Morgan fingerprint density at radius 1 is 0.837 bits per heavy atom. The molecule has 0 fully saturated rings. The normalized spacial score (nSPS) is 11.7. The summed E-state index contributed by atoms with van der Waals surface area (Å²) < 4.78 is 0. The second-order valence-corrected chi connectivity index (χ2v) is 11.2. The summed E-state index contributed by atoms with van der Waals surface area (Å²) >= 11 is 0. The van der Waals surface area contributed by atoms with Crippen LogP contribution in [0.4, 0.5) is 5.69 Å². The van der Waals surface area contributed by atoms with Crippen molar-refractivity contribution in [3.63, 3.8) is 0 Å². The highest BCUT2D eigenvalue weighted by Gasteiger charge is 2.26. The molecule has 0 saturated heterocycles. The van der Waals surface area contributed by atoms with Gasteiger partial charge in [-0.1, -0.05) is 11.8 Å². The Bertz CT molecular complexity index is 1340. The van der Waals surface area contributed by atoms with Gasteiger partial charge in [0.15, 0.2) is 0 Å². The Kier molecular flexibility index (Phi) is 12.4. The highest BCUT2D eigenvalue weighted by atomic mass is 16.7. The fourth-order valence-electron chi connectivity index (χ4n) is 3.42. The van der Waals surface area contributed by atoms with Crippen LogP contribution in [0, 0.1) is 11.8 Å². The summed E-state index contributed by atoms with van der Waals surface area (Å²) in [5.74, 6) is 3.99. The van der Waals surface area contributed by atoms with E-state index >= 15 is 0 Å². The van der Waals surface area contributed by atoms with Crippen molar-refractivity contribution in [2.75, 3.05) is 18.4 Å². The van der Waals surface area contributed by atoms with Gasteiger partial charge in [0.1, 0.15) is 12.6 Å². The third-order valence-corrected chi connectivity index (χ3v) is 5.08. The van der Waals surface area contributed by atoms with Crippen LogP contribution >= 0.6 is 0 Å². The van der Waals surface area contributed by atoms with Gasteiger partial charge in [-0.25, -0.2) is 15.6 Å². The molecule has 13 heteroatoms. The molecule has 4 N–H and O–H groups in total. The Labute approximate surface area is 250 Å². The number of carbonyl (C=O) groups is 5. The quantitative estimate of drug-likeness (QED) is 0.125. The van der Waals surface area contributed by atoms with E-state index in [1.807, 2.05) is 0 Å². The van der Waals surface area contributed by atoms with Crippen molar-refractivity contribution >= 4 is 36.2 Å². The minimum absolute atomic E-state index is 0.219. The lowest BCUT2D eigenvalue weighted by Gasteiger charge is -2.29. The van der Waals surface area contributed by atoms with Gasteiger partial charge in [0.25, 0.3) is 11.8 Å². The van der Waals surface area contributed by atoms with E-state index in [1.54, 1.807) is 77.9 Å². The fraction of sp³-hybridized carbons (Fsp3) is 0.367. The second-order valence-electron chi connectivity index (χ2n) is 11.2. The Hall–Kier alpha value is -4.77. The van der Waals surface area contributed by atoms with Crippen LogP contribution in [-0.4, -0.2) is 76.2 Å². The van der Waals surface area contributed by atoms with Gasteiger partial charge in [0, 0.05) is 22.4 Å². The second kappa shape index (κ2) is 15.5. The number of hydroxylamine groups is 5. The summed E-state index contributed by atoms with van der Waals surface area (Å²) in [6, 6.07) is 11.7. The van der Waals surface area contributed by atoms with E-state index in [9.17, 15) is 24.0 Å². The molecule has 2 rings (SSSR count). The lowest BCUT2D eigenvalue weighted by molar-refractivity contribution is -0.218. The fourth-order valence-corrected chi connectivity index (χ4v) is 3.42. The molecule has 0 unspecified atom stereocenters. The SMILES string of the molecule is CC(C)(C)ON(C=O)CC(=O)Nc1ccc(C#Cc2ccc(C(=O)N[C@@H](CN(C=O)OC(C)(C)C)C(=O)NO)cc2)cc1. The van der Waals surface area contributed by atoms with Gasteiger partial charge in [-0.05, 0) is 90.1 Å². The van der Waals surface area contributed by atoms with E-state index in [-0.39, 0.29) is 18.7 Å². The van der Waals surface area contributed by atoms with Crippen molar-refractivity contribution in [2.45, 2.75) is 58.8 Å². The average molecular weight is 596 g/mol. The van der Waals surface area contributed by atoms with Gasteiger partial charge in [0.2, 0.25) is 18.7 Å². The van der Waals surface area contributed by atoms with Crippen molar-refractivity contribution in [3.8, 4) is 11.8 Å². The van der Waals surface area contributed by atoms with E-state index in [1.165, 1.54) is 17.6 Å². The molecular weight excluding hydrogens is 558 g/mol. The summed E-state index contributed by atoms with van der Waals surface area (Å²) in [5, 5.41) is 16.0. The molecule has 0 spiro atoms. The van der Waals surface area contributed by atoms with Crippen LogP contribution < -0.4 is 16.1 Å². The van der Waals surface area contributed by atoms with Gasteiger partial charge >= 0.3 is 0 Å². The molecule has 2 aromatic carbocycles. The summed E-state index contributed by atoms with van der Waals surface area (Å²) in [6.45, 7) is 9.80. The van der Waals surface area contributed by atoms with Crippen LogP contribution in [0.1, 0.15) is 63.0 Å². The van der Waals surface area contributed by atoms with E-state index in [2.05, 4.69) is 22.5 Å². The first-order valence-corrected chi connectivity index (χ1v) is 13.2. The highest BCUT2D eigenvalue weighted by Crippen LogP contribution is 2.13. The number of rotatable bonds is 12. The number of amides is 5. The molecule has 0 aliphatic carbocycles. The molecule has 0 bridgehead atoms. The van der Waals surface area contributed by atoms with Crippen LogP contribution in [0.25, 0.3) is 0 Å². The topological polar surface area (TPSA) is 167 Å². The van der Waals surface area contributed by atoms with Crippen LogP contribution in [0.15, 0.2) is 48.5 Å². The van der Waals surface area contributed by atoms with Crippen LogP contribution in [0.2, 0.25) is 0 Å². The van der Waals surface area contributed by atoms with E-state index in [0.29, 0.717) is 29.6 Å². The zero-order chi connectivity index (χ0) is 32.2. The molecule has 0 heterocycles. The lowest BCUT2D eigenvalue weighted by Crippen LogP contribution is -2.52. The van der Waals surface area contributed by atoms with E-state index < -0.39 is 35.0 Å². The summed E-state index contributed by atoms with van der Waals surface area (Å²) in [5.41, 5.74) is 2.12. The number of nitrogens with zero attached hydrogens (tertiary/aromatic N) is 2. The maximum absolute atomic E-state index is 12.8. The monoisotopic (exact) mass is 595 g/mol. The molecule has 2 aromatic rings. The van der Waals surface area contributed by atoms with Gasteiger partial charge in [0.05, 0.1) is 17.7 Å². The standard InChI is InChI=1S/C30H37N5O8/c1-29(2,3)42-34(19-36)17-25(28(40)33-41)32-27(39)23-13-9-21(10-14-23)7-8-22-11-15-24(16-12-22)31-26(38)18-35(20-37)43-30(4,5)6/h9-16,19-20,25,41H,17-18H2,1-6H3,(H,31,38)(H,32,39)(H,33,40)/t25-/m0/s1. The van der Waals surface area contributed by atoms with Crippen LogP contribution in [0.5, 0.6) is 0 Å². The average Bonchev–Trinajstić information content (AvgIpc) is 2.93. The Balaban J connectivity index is 2.00. The lowest BCUT2D eigenvalue weighted by atomic mass is 10.1. The number of hydrogen-bond acceptors (Lipinski definition) is 8. The molecule has 13 nitrogen and oxygen atoms in total. The minimum atomic E-state index is -1.29. The van der Waals surface area contributed by atoms with Gasteiger partial charge in [-0.2, -0.15) is 0 Å². The molecular formula is C30H37N5O8. The number of nitrogens with one attached hydrogen (secondary N) is 3. The number of carbonyl (C=O) groups excluding carboxylic acids is 5. The molecule has 1 atom stereocenters. The third kappa shape index (κ3) is 12.7. The van der Waals surface area contributed by atoms with Gasteiger partial charge in [-0.3, -0.25) is 38.9 Å². The summed E-state index contributed by atoms with van der Waals surface area (Å²) in [7, 11) is 0. The first-order chi connectivity index (χ1) is 20.1. The van der Waals surface area contributed by atoms with Crippen molar-refractivity contribution < 1.29 is 38.9 Å². The maximum Gasteiger partial charge on any atom is 0.267 e. The van der Waals surface area contributed by atoms with Crippen LogP contribution in [-0.2, 0) is 28.9 Å². The van der Waals surface area contributed by atoms with Gasteiger partial charge < -0.3 is 10.6 Å². The maximum atomic E-state index is 12.8. The molecule has 0 aromatic heterocycles. The number of anilines is 1. The van der Waals surface area contributed by atoms with Crippen LogP contribution in [0.3, 0.4) is 0 Å². The zero-order valence-corrected chi connectivity index (χ0v) is 25.0. The zero-order valence-electron chi connectivity index (χ0n) is 25.0.